The second kappa shape index (κ2) is 5.18. The van der Waals surface area contributed by atoms with Crippen LogP contribution in [0.5, 0.6) is 0 Å². The van der Waals surface area contributed by atoms with E-state index in [2.05, 4.69) is 15.5 Å². The van der Waals surface area contributed by atoms with Crippen LogP contribution in [0.4, 0.5) is 0 Å². The van der Waals surface area contributed by atoms with E-state index in [9.17, 15) is 9.59 Å². The molecule has 6 nitrogen and oxygen atoms in total. The Hall–Kier alpha value is -1.40. The van der Waals surface area contributed by atoms with Crippen LogP contribution in [0.25, 0.3) is 0 Å². The molecule has 1 aromatic rings. The molecule has 2 aliphatic heterocycles. The van der Waals surface area contributed by atoms with E-state index in [1.54, 1.807) is 4.90 Å². The zero-order chi connectivity index (χ0) is 14.3. The van der Waals surface area contributed by atoms with Gasteiger partial charge in [0.25, 0.3) is 5.91 Å². The Morgan fingerprint density at radius 3 is 3.00 bits per heavy atom. The smallest absolute Gasteiger partial charge is 0.257 e. The molecule has 1 aromatic heterocycles. The number of fused-ring (bicyclic) bond motifs is 1. The number of likely N-dealkylation sites (tertiary alicyclic amines) is 1. The second-order valence-electron chi connectivity index (χ2n) is 4.93. The van der Waals surface area contributed by atoms with Crippen LogP contribution in [0.3, 0.4) is 0 Å². The molecule has 106 valence electrons. The topological polar surface area (TPSA) is 75.2 Å². The van der Waals surface area contributed by atoms with Gasteiger partial charge in [-0.25, -0.2) is 0 Å². The molecule has 0 radical (unpaired) electrons. The first-order valence-corrected chi connectivity index (χ1v) is 7.11. The molecule has 0 spiro atoms. The molecular formula is C12H12Cl2N4O2. The molecule has 1 N–H and O–H groups in total. The summed E-state index contributed by atoms with van der Waals surface area (Å²) in [5, 5.41) is 10.2. The molecule has 2 amide bonds. The summed E-state index contributed by atoms with van der Waals surface area (Å²) in [6.07, 6.45) is 1.60. The van der Waals surface area contributed by atoms with Crippen molar-refractivity contribution in [2.45, 2.75) is 18.9 Å². The van der Waals surface area contributed by atoms with Gasteiger partial charge in [0.05, 0.1) is 17.5 Å². The summed E-state index contributed by atoms with van der Waals surface area (Å²) >= 11 is 11.7. The number of rotatable bonds is 1. The van der Waals surface area contributed by atoms with Crippen molar-refractivity contribution < 1.29 is 9.59 Å². The fraction of sp³-hybridized carbons (Fsp3) is 0.500. The number of aromatic nitrogens is 2. The molecule has 2 unspecified atom stereocenters. The minimum Gasteiger partial charge on any atom is -0.354 e. The number of hydrogen-bond acceptors (Lipinski definition) is 4. The Morgan fingerprint density at radius 1 is 1.40 bits per heavy atom. The van der Waals surface area contributed by atoms with Crippen LogP contribution < -0.4 is 5.32 Å². The summed E-state index contributed by atoms with van der Waals surface area (Å²) in [6, 6.07) is 1.29. The molecule has 8 heteroatoms. The highest BCUT2D eigenvalue weighted by Gasteiger charge is 2.43. The Morgan fingerprint density at radius 2 is 2.20 bits per heavy atom. The number of nitrogens with zero attached hydrogens (tertiary/aromatic N) is 3. The van der Waals surface area contributed by atoms with Gasteiger partial charge in [0.2, 0.25) is 5.91 Å². The van der Waals surface area contributed by atoms with Gasteiger partial charge >= 0.3 is 0 Å². The van der Waals surface area contributed by atoms with Crippen molar-refractivity contribution in [3.8, 4) is 0 Å². The molecule has 2 atom stereocenters. The van der Waals surface area contributed by atoms with E-state index in [-0.39, 0.29) is 39.6 Å². The number of halogens is 2. The lowest BCUT2D eigenvalue weighted by Gasteiger charge is -2.36. The van der Waals surface area contributed by atoms with Crippen molar-refractivity contribution in [3.63, 3.8) is 0 Å². The van der Waals surface area contributed by atoms with Crippen molar-refractivity contribution in [1.29, 1.82) is 0 Å². The largest absolute Gasteiger partial charge is 0.354 e. The average Bonchev–Trinajstić information content (AvgIpc) is 2.83. The van der Waals surface area contributed by atoms with Gasteiger partial charge in [-0.2, -0.15) is 0 Å². The molecule has 0 saturated carbocycles. The van der Waals surface area contributed by atoms with Crippen molar-refractivity contribution >= 4 is 35.0 Å². The van der Waals surface area contributed by atoms with Gasteiger partial charge in [-0.15, -0.1) is 10.2 Å². The van der Waals surface area contributed by atoms with E-state index in [0.29, 0.717) is 13.1 Å². The molecule has 3 rings (SSSR count). The third kappa shape index (κ3) is 2.23. The summed E-state index contributed by atoms with van der Waals surface area (Å²) in [5.41, 5.74) is 0.228. The molecule has 0 aliphatic carbocycles. The van der Waals surface area contributed by atoms with Crippen LogP contribution in [0.1, 0.15) is 23.2 Å². The first-order valence-electron chi connectivity index (χ1n) is 6.35. The first-order chi connectivity index (χ1) is 9.58. The number of amides is 2. The van der Waals surface area contributed by atoms with Crippen LogP contribution in [0.2, 0.25) is 10.3 Å². The van der Waals surface area contributed by atoms with Gasteiger partial charge < -0.3 is 10.2 Å². The summed E-state index contributed by atoms with van der Waals surface area (Å²) < 4.78 is 0. The van der Waals surface area contributed by atoms with Crippen LogP contribution in [-0.4, -0.2) is 46.0 Å². The lowest BCUT2D eigenvalue weighted by molar-refractivity contribution is -0.123. The van der Waals surface area contributed by atoms with Crippen molar-refractivity contribution in [2.75, 3.05) is 13.1 Å². The zero-order valence-corrected chi connectivity index (χ0v) is 12.0. The molecule has 20 heavy (non-hydrogen) atoms. The van der Waals surface area contributed by atoms with Crippen LogP contribution >= 0.6 is 23.2 Å². The molecule has 2 fully saturated rings. The van der Waals surface area contributed by atoms with E-state index >= 15 is 0 Å². The number of hydrogen-bond donors (Lipinski definition) is 1. The van der Waals surface area contributed by atoms with Gasteiger partial charge in [0.15, 0.2) is 10.3 Å². The van der Waals surface area contributed by atoms with Crippen LogP contribution in [0, 0.1) is 5.92 Å². The Labute approximate surface area is 125 Å². The summed E-state index contributed by atoms with van der Waals surface area (Å²) in [5.74, 6) is -0.362. The average molecular weight is 315 g/mol. The van der Waals surface area contributed by atoms with Gasteiger partial charge in [0.1, 0.15) is 0 Å². The van der Waals surface area contributed by atoms with E-state index < -0.39 is 0 Å². The fourth-order valence-corrected chi connectivity index (χ4v) is 3.18. The summed E-state index contributed by atoms with van der Waals surface area (Å²) in [6.45, 7) is 1.09. The van der Waals surface area contributed by atoms with E-state index in [4.69, 9.17) is 23.2 Å². The quantitative estimate of drug-likeness (QED) is 0.843. The lowest BCUT2D eigenvalue weighted by Crippen LogP contribution is -2.48. The standard InChI is InChI=1S/C12H12Cl2N4O2/c13-9-4-7(10(14)17-16-9)12(20)18-3-1-2-6-8(18)5-15-11(6)19/h4,6,8H,1-3,5H2,(H,15,19). The highest BCUT2D eigenvalue weighted by molar-refractivity contribution is 6.34. The minimum atomic E-state index is -0.252. The normalized spacial score (nSPS) is 25.3. The van der Waals surface area contributed by atoms with Gasteiger partial charge in [-0.1, -0.05) is 23.2 Å². The van der Waals surface area contributed by atoms with Crippen molar-refractivity contribution in [3.05, 3.63) is 21.9 Å². The number of nitrogens with one attached hydrogen (secondary N) is 1. The van der Waals surface area contributed by atoms with Gasteiger partial charge in [-0.05, 0) is 18.9 Å². The highest BCUT2D eigenvalue weighted by Crippen LogP contribution is 2.29. The molecule has 0 aromatic carbocycles. The molecule has 3 heterocycles. The predicted octanol–water partition coefficient (Wildman–Crippen LogP) is 1.13. The number of carbonyl (C=O) groups is 2. The Bertz CT molecular complexity index is 581. The maximum atomic E-state index is 12.6. The highest BCUT2D eigenvalue weighted by atomic mass is 35.5. The van der Waals surface area contributed by atoms with E-state index in [1.807, 2.05) is 0 Å². The van der Waals surface area contributed by atoms with Gasteiger partial charge in [0, 0.05) is 13.1 Å². The van der Waals surface area contributed by atoms with E-state index in [1.165, 1.54) is 6.07 Å². The zero-order valence-electron chi connectivity index (χ0n) is 10.5. The van der Waals surface area contributed by atoms with Crippen LogP contribution in [0.15, 0.2) is 6.07 Å². The van der Waals surface area contributed by atoms with Crippen LogP contribution in [-0.2, 0) is 4.79 Å². The SMILES string of the molecule is O=C1NCC2C1CCCN2C(=O)c1cc(Cl)nnc1Cl. The Balaban J connectivity index is 1.90. The molecular weight excluding hydrogens is 303 g/mol. The number of piperidine rings is 1. The van der Waals surface area contributed by atoms with Crippen molar-refractivity contribution in [2.24, 2.45) is 5.92 Å². The predicted molar refractivity (Wildman–Crippen MR) is 72.6 cm³/mol. The number of carbonyl (C=O) groups excluding carboxylic acids is 2. The van der Waals surface area contributed by atoms with Gasteiger partial charge in [-0.3, -0.25) is 9.59 Å². The summed E-state index contributed by atoms with van der Waals surface area (Å²) in [4.78, 5) is 26.0. The Kier molecular flexibility index (Phi) is 3.52. The monoisotopic (exact) mass is 314 g/mol. The third-order valence-corrected chi connectivity index (χ3v) is 4.28. The summed E-state index contributed by atoms with van der Waals surface area (Å²) in [7, 11) is 0. The molecule has 0 bridgehead atoms. The molecule has 2 aliphatic rings. The maximum absolute atomic E-state index is 12.6. The van der Waals surface area contributed by atoms with E-state index in [0.717, 1.165) is 12.8 Å². The van der Waals surface area contributed by atoms with Crippen molar-refractivity contribution in [1.82, 2.24) is 20.4 Å². The second-order valence-corrected chi connectivity index (χ2v) is 5.68. The fourth-order valence-electron chi connectivity index (χ4n) is 2.86. The maximum Gasteiger partial charge on any atom is 0.257 e. The third-order valence-electron chi connectivity index (χ3n) is 3.81. The minimum absolute atomic E-state index is 0.0180. The lowest BCUT2D eigenvalue weighted by atomic mass is 9.91. The first kappa shape index (κ1) is 13.6. The molecule has 2 saturated heterocycles.